The first kappa shape index (κ1) is 18.0. The van der Waals surface area contributed by atoms with Crippen molar-refractivity contribution in [2.45, 2.75) is 32.7 Å². The van der Waals surface area contributed by atoms with Crippen molar-refractivity contribution in [2.75, 3.05) is 12.4 Å². The number of amides is 2. The summed E-state index contributed by atoms with van der Waals surface area (Å²) in [6.07, 6.45) is 2.09. The van der Waals surface area contributed by atoms with Crippen LogP contribution < -0.4 is 15.4 Å². The molecule has 1 fully saturated rings. The van der Waals surface area contributed by atoms with Gasteiger partial charge in [0.05, 0.1) is 7.11 Å². The number of rotatable bonds is 7. The normalized spacial score (nSPS) is 14.4. The van der Waals surface area contributed by atoms with Gasteiger partial charge in [-0.2, -0.15) is 0 Å². The third-order valence-electron chi connectivity index (χ3n) is 4.87. The molecule has 136 valence electrons. The first-order valence-corrected chi connectivity index (χ1v) is 8.89. The minimum atomic E-state index is -0.953. The molecule has 0 bridgehead atoms. The van der Waals surface area contributed by atoms with Gasteiger partial charge >= 0.3 is 0 Å². The van der Waals surface area contributed by atoms with E-state index in [0.29, 0.717) is 19.4 Å². The van der Waals surface area contributed by atoms with E-state index in [4.69, 9.17) is 4.74 Å². The summed E-state index contributed by atoms with van der Waals surface area (Å²) in [4.78, 5) is 25.3. The number of hydrogen-bond acceptors (Lipinski definition) is 3. The SMILES string of the molecule is CCc1ccc(NC(=O)C2(C(=O)NCc3ccccc3OC)CC2)cc1. The van der Waals surface area contributed by atoms with Crippen molar-refractivity contribution in [3.63, 3.8) is 0 Å². The van der Waals surface area contributed by atoms with E-state index in [-0.39, 0.29) is 11.8 Å². The number of carbonyl (C=O) groups is 2. The Morgan fingerprint density at radius 1 is 1.04 bits per heavy atom. The number of nitrogens with one attached hydrogen (secondary N) is 2. The van der Waals surface area contributed by atoms with Crippen LogP contribution in [0.5, 0.6) is 5.75 Å². The van der Waals surface area contributed by atoms with Gasteiger partial charge in [-0.1, -0.05) is 37.3 Å². The number of benzene rings is 2. The lowest BCUT2D eigenvalue weighted by Crippen LogP contribution is -2.39. The monoisotopic (exact) mass is 352 g/mol. The number of carbonyl (C=O) groups excluding carboxylic acids is 2. The molecule has 0 spiro atoms. The fourth-order valence-electron chi connectivity index (χ4n) is 2.95. The molecule has 5 heteroatoms. The molecule has 2 aromatic rings. The zero-order valence-electron chi connectivity index (χ0n) is 15.2. The largest absolute Gasteiger partial charge is 0.496 e. The van der Waals surface area contributed by atoms with Crippen molar-refractivity contribution in [2.24, 2.45) is 5.41 Å². The molecule has 0 unspecified atom stereocenters. The topological polar surface area (TPSA) is 67.4 Å². The zero-order chi connectivity index (χ0) is 18.6. The lowest BCUT2D eigenvalue weighted by Gasteiger charge is -2.16. The van der Waals surface area contributed by atoms with Gasteiger partial charge in [-0.3, -0.25) is 9.59 Å². The van der Waals surface area contributed by atoms with E-state index < -0.39 is 5.41 Å². The fourth-order valence-corrected chi connectivity index (χ4v) is 2.95. The van der Waals surface area contributed by atoms with E-state index in [1.165, 1.54) is 5.56 Å². The minimum Gasteiger partial charge on any atom is -0.496 e. The molecule has 3 rings (SSSR count). The predicted octanol–water partition coefficient (Wildman–Crippen LogP) is 3.29. The second-order valence-corrected chi connectivity index (χ2v) is 6.58. The molecule has 0 heterocycles. The molecular formula is C21H24N2O3. The second-order valence-electron chi connectivity index (χ2n) is 6.58. The number of aryl methyl sites for hydroxylation is 1. The van der Waals surface area contributed by atoms with E-state index in [1.54, 1.807) is 7.11 Å². The summed E-state index contributed by atoms with van der Waals surface area (Å²) in [6.45, 7) is 2.42. The summed E-state index contributed by atoms with van der Waals surface area (Å²) in [5, 5.41) is 5.75. The van der Waals surface area contributed by atoms with Crippen LogP contribution in [0, 0.1) is 5.41 Å². The van der Waals surface area contributed by atoms with Gasteiger partial charge in [0.15, 0.2) is 0 Å². The van der Waals surface area contributed by atoms with Gasteiger partial charge in [0.2, 0.25) is 11.8 Å². The molecule has 1 saturated carbocycles. The van der Waals surface area contributed by atoms with Crippen LogP contribution in [0.4, 0.5) is 5.69 Å². The molecule has 0 radical (unpaired) electrons. The van der Waals surface area contributed by atoms with Crippen LogP contribution in [0.1, 0.15) is 30.9 Å². The Bertz CT molecular complexity index is 795. The third kappa shape index (κ3) is 3.72. The Kier molecular flexibility index (Phi) is 5.26. The van der Waals surface area contributed by atoms with Crippen molar-refractivity contribution in [1.82, 2.24) is 5.32 Å². The summed E-state index contributed by atoms with van der Waals surface area (Å²) in [6, 6.07) is 15.2. The molecule has 1 aliphatic carbocycles. The van der Waals surface area contributed by atoms with Crippen LogP contribution in [0.3, 0.4) is 0 Å². The van der Waals surface area contributed by atoms with Gasteiger partial charge in [-0.05, 0) is 43.0 Å². The summed E-state index contributed by atoms with van der Waals surface area (Å²) in [5.74, 6) is 0.253. The fraction of sp³-hybridized carbons (Fsp3) is 0.333. The molecule has 2 aromatic carbocycles. The third-order valence-corrected chi connectivity index (χ3v) is 4.87. The van der Waals surface area contributed by atoms with Crippen LogP contribution in [0.25, 0.3) is 0 Å². The highest BCUT2D eigenvalue weighted by Gasteiger charge is 2.56. The van der Waals surface area contributed by atoms with E-state index in [0.717, 1.165) is 23.4 Å². The van der Waals surface area contributed by atoms with Crippen molar-refractivity contribution in [1.29, 1.82) is 0 Å². The Labute approximate surface area is 153 Å². The van der Waals surface area contributed by atoms with Gasteiger partial charge in [-0.15, -0.1) is 0 Å². The molecule has 5 nitrogen and oxygen atoms in total. The van der Waals surface area contributed by atoms with Gasteiger partial charge in [-0.25, -0.2) is 0 Å². The highest BCUT2D eigenvalue weighted by atomic mass is 16.5. The average Bonchev–Trinajstić information content (AvgIpc) is 3.49. The van der Waals surface area contributed by atoms with Gasteiger partial charge < -0.3 is 15.4 Å². The molecule has 26 heavy (non-hydrogen) atoms. The summed E-state index contributed by atoms with van der Waals surface area (Å²) in [5.41, 5.74) is 1.86. The summed E-state index contributed by atoms with van der Waals surface area (Å²) < 4.78 is 5.29. The number of methoxy groups -OCH3 is 1. The van der Waals surface area contributed by atoms with Crippen molar-refractivity contribution >= 4 is 17.5 Å². The molecule has 0 aliphatic heterocycles. The molecule has 1 aliphatic rings. The summed E-state index contributed by atoms with van der Waals surface area (Å²) >= 11 is 0. The highest BCUT2D eigenvalue weighted by Crippen LogP contribution is 2.47. The summed E-state index contributed by atoms with van der Waals surface area (Å²) in [7, 11) is 1.60. The molecule has 2 amide bonds. The first-order valence-electron chi connectivity index (χ1n) is 8.89. The van der Waals surface area contributed by atoms with E-state index in [9.17, 15) is 9.59 Å². The van der Waals surface area contributed by atoms with Crippen molar-refractivity contribution in [3.05, 3.63) is 59.7 Å². The Morgan fingerprint density at radius 2 is 1.73 bits per heavy atom. The quantitative estimate of drug-likeness (QED) is 0.752. The maximum atomic E-state index is 12.6. The molecular weight excluding hydrogens is 328 g/mol. The smallest absolute Gasteiger partial charge is 0.240 e. The van der Waals surface area contributed by atoms with E-state index in [1.807, 2.05) is 48.5 Å². The minimum absolute atomic E-state index is 0.230. The standard InChI is InChI=1S/C21H24N2O3/c1-3-15-8-10-17(11-9-15)23-20(25)21(12-13-21)19(24)22-14-16-6-4-5-7-18(16)26-2/h4-11H,3,12-14H2,1-2H3,(H,22,24)(H,23,25). The second kappa shape index (κ2) is 7.60. The molecule has 0 aromatic heterocycles. The van der Waals surface area contributed by atoms with Crippen LogP contribution in [0.2, 0.25) is 0 Å². The van der Waals surface area contributed by atoms with E-state index >= 15 is 0 Å². The number of anilines is 1. The Morgan fingerprint density at radius 3 is 2.35 bits per heavy atom. The Balaban J connectivity index is 1.61. The maximum Gasteiger partial charge on any atom is 0.240 e. The number of hydrogen-bond donors (Lipinski definition) is 2. The lowest BCUT2D eigenvalue weighted by molar-refractivity contribution is -0.134. The van der Waals surface area contributed by atoms with Crippen LogP contribution in [-0.4, -0.2) is 18.9 Å². The molecule has 2 N–H and O–H groups in total. The van der Waals surface area contributed by atoms with Crippen LogP contribution >= 0.6 is 0 Å². The molecule has 0 atom stereocenters. The van der Waals surface area contributed by atoms with Crippen molar-refractivity contribution in [3.8, 4) is 5.75 Å². The van der Waals surface area contributed by atoms with Gasteiger partial charge in [0, 0.05) is 17.8 Å². The van der Waals surface area contributed by atoms with Gasteiger partial charge in [0.1, 0.15) is 11.2 Å². The number of ether oxygens (including phenoxy) is 1. The highest BCUT2D eigenvalue weighted by molar-refractivity contribution is 6.13. The maximum absolute atomic E-state index is 12.6. The van der Waals surface area contributed by atoms with Crippen molar-refractivity contribution < 1.29 is 14.3 Å². The first-order chi connectivity index (χ1) is 12.6. The van der Waals surface area contributed by atoms with Gasteiger partial charge in [0.25, 0.3) is 0 Å². The van der Waals surface area contributed by atoms with Crippen LogP contribution in [0.15, 0.2) is 48.5 Å². The van der Waals surface area contributed by atoms with E-state index in [2.05, 4.69) is 17.6 Å². The molecule has 0 saturated heterocycles. The van der Waals surface area contributed by atoms with Crippen LogP contribution in [-0.2, 0) is 22.6 Å². The number of para-hydroxylation sites is 1. The Hall–Kier alpha value is -2.82. The zero-order valence-corrected chi connectivity index (χ0v) is 15.2. The lowest BCUT2D eigenvalue weighted by atomic mass is 10.0. The average molecular weight is 352 g/mol. The predicted molar refractivity (Wildman–Crippen MR) is 101 cm³/mol.